The molecule has 0 spiro atoms. The van der Waals surface area contributed by atoms with Gasteiger partial charge in [-0.2, -0.15) is 18.4 Å². The second-order valence-corrected chi connectivity index (χ2v) is 9.74. The fourth-order valence-corrected chi connectivity index (χ4v) is 5.32. The number of carbonyl (C=O) groups is 1. The quantitative estimate of drug-likeness (QED) is 0.507. The minimum atomic E-state index is -4.50. The zero-order valence-electron chi connectivity index (χ0n) is 18.9. The molecule has 178 valence electrons. The van der Waals surface area contributed by atoms with Gasteiger partial charge < -0.3 is 9.80 Å². The molecule has 0 aliphatic carbocycles. The van der Waals surface area contributed by atoms with E-state index in [2.05, 4.69) is 14.9 Å². The van der Waals surface area contributed by atoms with Gasteiger partial charge in [0.05, 0.1) is 17.0 Å². The molecule has 1 saturated heterocycles. The number of hydrogen-bond acceptors (Lipinski definition) is 6. The SMILES string of the molecule is Cc1sc2ncnc(N3CCC(C(=O)N(Cc4ccc(C#N)cc4)CC(F)(F)F)CC3)c2c1C. The smallest absolute Gasteiger partial charge is 0.356 e. The van der Waals surface area contributed by atoms with Crippen LogP contribution in [0, 0.1) is 31.1 Å². The maximum absolute atomic E-state index is 13.3. The van der Waals surface area contributed by atoms with Gasteiger partial charge in [-0.1, -0.05) is 12.1 Å². The van der Waals surface area contributed by atoms with E-state index in [0.717, 1.165) is 26.5 Å². The van der Waals surface area contributed by atoms with E-state index in [9.17, 15) is 18.0 Å². The van der Waals surface area contributed by atoms with E-state index in [1.165, 1.54) is 11.2 Å². The maximum Gasteiger partial charge on any atom is 0.406 e. The molecular formula is C24H24F3N5OS. The highest BCUT2D eigenvalue weighted by atomic mass is 32.1. The van der Waals surface area contributed by atoms with Gasteiger partial charge in [0.15, 0.2) is 0 Å². The molecule has 0 radical (unpaired) electrons. The first kappa shape index (κ1) is 24.0. The molecule has 1 fully saturated rings. The summed E-state index contributed by atoms with van der Waals surface area (Å²) in [6, 6.07) is 8.24. The van der Waals surface area contributed by atoms with Gasteiger partial charge in [0, 0.05) is 30.4 Å². The van der Waals surface area contributed by atoms with Crippen LogP contribution in [0.3, 0.4) is 0 Å². The fourth-order valence-electron chi connectivity index (χ4n) is 4.33. The second-order valence-electron chi connectivity index (χ2n) is 8.54. The lowest BCUT2D eigenvalue weighted by molar-refractivity contribution is -0.165. The number of thiophene rings is 1. The number of aryl methyl sites for hydroxylation is 2. The van der Waals surface area contributed by atoms with Crippen LogP contribution >= 0.6 is 11.3 Å². The van der Waals surface area contributed by atoms with E-state index >= 15 is 0 Å². The number of nitriles is 1. The summed E-state index contributed by atoms with van der Waals surface area (Å²) in [6.07, 6.45) is -2.06. The summed E-state index contributed by atoms with van der Waals surface area (Å²) in [5, 5.41) is 9.93. The first-order valence-corrected chi connectivity index (χ1v) is 11.8. The van der Waals surface area contributed by atoms with E-state index in [1.807, 2.05) is 19.9 Å². The molecule has 0 unspecified atom stereocenters. The highest BCUT2D eigenvalue weighted by Gasteiger charge is 2.37. The lowest BCUT2D eigenvalue weighted by Crippen LogP contribution is -2.45. The normalized spacial score (nSPS) is 14.9. The van der Waals surface area contributed by atoms with Crippen LogP contribution in [0.2, 0.25) is 0 Å². The summed E-state index contributed by atoms with van der Waals surface area (Å²) < 4.78 is 39.8. The molecule has 1 amide bonds. The highest BCUT2D eigenvalue weighted by molar-refractivity contribution is 7.18. The third-order valence-corrected chi connectivity index (χ3v) is 7.34. The summed E-state index contributed by atoms with van der Waals surface area (Å²) in [5.74, 6) is -0.154. The molecular weight excluding hydrogens is 463 g/mol. The largest absolute Gasteiger partial charge is 0.406 e. The van der Waals surface area contributed by atoms with Gasteiger partial charge >= 0.3 is 6.18 Å². The van der Waals surface area contributed by atoms with Crippen LogP contribution in [-0.2, 0) is 11.3 Å². The summed E-state index contributed by atoms with van der Waals surface area (Å²) in [7, 11) is 0. The van der Waals surface area contributed by atoms with E-state index in [0.29, 0.717) is 37.1 Å². The van der Waals surface area contributed by atoms with Crippen molar-refractivity contribution in [3.8, 4) is 6.07 Å². The van der Waals surface area contributed by atoms with Crippen LogP contribution in [0.25, 0.3) is 10.2 Å². The van der Waals surface area contributed by atoms with E-state index < -0.39 is 24.5 Å². The molecule has 3 aromatic rings. The number of alkyl halides is 3. The number of aromatic nitrogens is 2. The molecule has 0 bridgehead atoms. The monoisotopic (exact) mass is 487 g/mol. The van der Waals surface area contributed by atoms with E-state index in [4.69, 9.17) is 5.26 Å². The van der Waals surface area contributed by atoms with Gasteiger partial charge in [-0.25, -0.2) is 9.97 Å². The Bertz CT molecular complexity index is 1220. The maximum atomic E-state index is 13.3. The van der Waals surface area contributed by atoms with Crippen LogP contribution in [0.4, 0.5) is 19.0 Å². The summed E-state index contributed by atoms with van der Waals surface area (Å²) in [6.45, 7) is 3.70. The molecule has 1 aromatic carbocycles. The summed E-state index contributed by atoms with van der Waals surface area (Å²) >= 11 is 1.61. The number of rotatable bonds is 5. The van der Waals surface area contributed by atoms with Gasteiger partial charge in [-0.15, -0.1) is 11.3 Å². The van der Waals surface area contributed by atoms with Crippen molar-refractivity contribution in [1.29, 1.82) is 5.26 Å². The number of anilines is 1. The lowest BCUT2D eigenvalue weighted by atomic mass is 9.94. The molecule has 0 N–H and O–H groups in total. The second kappa shape index (κ2) is 9.58. The average Bonchev–Trinajstić information content (AvgIpc) is 3.11. The molecule has 0 atom stereocenters. The van der Waals surface area contributed by atoms with E-state index in [-0.39, 0.29) is 6.54 Å². The van der Waals surface area contributed by atoms with Crippen LogP contribution in [0.15, 0.2) is 30.6 Å². The number of piperidine rings is 1. The molecule has 6 nitrogen and oxygen atoms in total. The number of halogens is 3. The Morgan fingerprint density at radius 1 is 1.21 bits per heavy atom. The zero-order valence-corrected chi connectivity index (χ0v) is 19.7. The minimum Gasteiger partial charge on any atom is -0.356 e. The third-order valence-electron chi connectivity index (χ3n) is 6.23. The Labute approximate surface area is 199 Å². The molecule has 0 saturated carbocycles. The number of fused-ring (bicyclic) bond motifs is 1. The predicted molar refractivity (Wildman–Crippen MR) is 124 cm³/mol. The van der Waals surface area contributed by atoms with Crippen molar-refractivity contribution in [3.63, 3.8) is 0 Å². The molecule has 34 heavy (non-hydrogen) atoms. The van der Waals surface area contributed by atoms with Gasteiger partial charge in [-0.3, -0.25) is 4.79 Å². The van der Waals surface area contributed by atoms with E-state index in [1.54, 1.807) is 35.6 Å². The minimum absolute atomic E-state index is 0.149. The van der Waals surface area contributed by atoms with Crippen molar-refractivity contribution in [3.05, 3.63) is 52.2 Å². The van der Waals surface area contributed by atoms with Crippen molar-refractivity contribution in [2.45, 2.75) is 39.4 Å². The number of carbonyl (C=O) groups excluding carboxylic acids is 1. The first-order chi connectivity index (χ1) is 16.2. The fraction of sp³-hybridized carbons (Fsp3) is 0.417. The Balaban J connectivity index is 1.48. The number of benzene rings is 1. The summed E-state index contributed by atoms with van der Waals surface area (Å²) in [4.78, 5) is 27.1. The van der Waals surface area contributed by atoms with Crippen LogP contribution in [0.1, 0.15) is 34.4 Å². The van der Waals surface area contributed by atoms with Gasteiger partial charge in [0.25, 0.3) is 0 Å². The molecule has 10 heteroatoms. The van der Waals surface area contributed by atoms with Crippen molar-refractivity contribution in [2.24, 2.45) is 5.92 Å². The standard InChI is InChI=1S/C24H24F3N5OS/c1-15-16(2)34-22-20(15)21(29-14-30-22)31-9-7-19(8-10-31)23(33)32(13-24(25,26)27)12-18-5-3-17(11-28)4-6-18/h3-6,14,19H,7-10,12-13H2,1-2H3. The van der Waals surface area contributed by atoms with Gasteiger partial charge in [0.2, 0.25) is 5.91 Å². The van der Waals surface area contributed by atoms with Crippen molar-refractivity contribution in [1.82, 2.24) is 14.9 Å². The van der Waals surface area contributed by atoms with Crippen molar-refractivity contribution in [2.75, 3.05) is 24.5 Å². The predicted octanol–water partition coefficient (Wildman–Crippen LogP) is 4.99. The number of nitrogens with zero attached hydrogens (tertiary/aromatic N) is 5. The Morgan fingerprint density at radius 3 is 2.50 bits per heavy atom. The van der Waals surface area contributed by atoms with Gasteiger partial charge in [-0.05, 0) is 49.9 Å². The first-order valence-electron chi connectivity index (χ1n) is 11.0. The van der Waals surface area contributed by atoms with Crippen LogP contribution in [0.5, 0.6) is 0 Å². The zero-order chi connectivity index (χ0) is 24.5. The highest BCUT2D eigenvalue weighted by Crippen LogP contribution is 2.36. The molecule has 1 aliphatic heterocycles. The van der Waals surface area contributed by atoms with Gasteiger partial charge in [0.1, 0.15) is 23.5 Å². The molecule has 4 rings (SSSR count). The van der Waals surface area contributed by atoms with Crippen molar-refractivity contribution < 1.29 is 18.0 Å². The Kier molecular flexibility index (Phi) is 6.75. The van der Waals surface area contributed by atoms with Crippen molar-refractivity contribution >= 4 is 33.3 Å². The number of hydrogen-bond donors (Lipinski definition) is 0. The average molecular weight is 488 g/mol. The third kappa shape index (κ3) is 5.14. The molecule has 2 aromatic heterocycles. The van der Waals surface area contributed by atoms with Crippen LogP contribution < -0.4 is 4.90 Å². The Morgan fingerprint density at radius 2 is 1.88 bits per heavy atom. The molecule has 1 aliphatic rings. The molecule has 3 heterocycles. The topological polar surface area (TPSA) is 73.1 Å². The Hall–Kier alpha value is -3.19. The lowest BCUT2D eigenvalue weighted by Gasteiger charge is -2.35. The summed E-state index contributed by atoms with van der Waals surface area (Å²) in [5.41, 5.74) is 2.10. The van der Waals surface area contributed by atoms with Crippen LogP contribution in [-0.4, -0.2) is 46.6 Å². The number of amides is 1.